The highest BCUT2D eigenvalue weighted by atomic mass is 32.1. The van der Waals surface area contributed by atoms with Crippen molar-refractivity contribution in [3.63, 3.8) is 0 Å². The van der Waals surface area contributed by atoms with Gasteiger partial charge in [-0.1, -0.05) is 23.5 Å². The number of halogens is 3. The van der Waals surface area contributed by atoms with E-state index in [9.17, 15) is 13.2 Å². The number of thiazole rings is 1. The van der Waals surface area contributed by atoms with E-state index in [-0.39, 0.29) is 17.8 Å². The number of anilines is 3. The van der Waals surface area contributed by atoms with Crippen LogP contribution in [0.4, 0.5) is 30.1 Å². The zero-order chi connectivity index (χ0) is 18.9. The molecule has 3 N–H and O–H groups in total. The Morgan fingerprint density at radius 2 is 2.04 bits per heavy atom. The number of piperidine rings is 1. The van der Waals surface area contributed by atoms with Gasteiger partial charge >= 0.3 is 6.18 Å². The summed E-state index contributed by atoms with van der Waals surface area (Å²) >= 11 is 1.27. The van der Waals surface area contributed by atoms with Crippen LogP contribution in [-0.2, 0) is 6.18 Å². The van der Waals surface area contributed by atoms with Gasteiger partial charge in [-0.05, 0) is 31.5 Å². The fourth-order valence-corrected chi connectivity index (χ4v) is 3.80. The number of hydrogen-bond acceptors (Lipinski definition) is 7. The summed E-state index contributed by atoms with van der Waals surface area (Å²) in [5, 5.41) is 9.42. The van der Waals surface area contributed by atoms with Crippen LogP contribution in [-0.4, -0.2) is 34.1 Å². The standard InChI is InChI=1S/C17H17F3N6S/c18-17(19,20)11-9-22-15(23-10-4-3-7-21-8-10)25-14(11)26-16-24-12-5-1-2-6-13(12)27-16/h1-2,5-6,9-10,21H,3-4,7-8H2,(H2,22,23,24,25,26)/t10-/m0/s1. The molecule has 1 fully saturated rings. The van der Waals surface area contributed by atoms with E-state index in [4.69, 9.17) is 0 Å². The van der Waals surface area contributed by atoms with Crippen LogP contribution in [0.15, 0.2) is 30.5 Å². The summed E-state index contributed by atoms with van der Waals surface area (Å²) in [5.41, 5.74) is -0.201. The highest BCUT2D eigenvalue weighted by Crippen LogP contribution is 2.36. The number of para-hydroxylation sites is 1. The van der Waals surface area contributed by atoms with Crippen molar-refractivity contribution in [2.75, 3.05) is 23.7 Å². The first-order valence-electron chi connectivity index (χ1n) is 8.53. The molecule has 6 nitrogen and oxygen atoms in total. The van der Waals surface area contributed by atoms with E-state index in [1.54, 1.807) is 0 Å². The first kappa shape index (κ1) is 17.9. The molecular formula is C17H17F3N6S. The molecule has 3 aromatic rings. The topological polar surface area (TPSA) is 74.8 Å². The number of aromatic nitrogens is 3. The average molecular weight is 394 g/mol. The van der Waals surface area contributed by atoms with E-state index < -0.39 is 11.7 Å². The molecule has 1 atom stereocenters. The fraction of sp³-hybridized carbons (Fsp3) is 0.353. The van der Waals surface area contributed by atoms with Gasteiger partial charge in [0.05, 0.1) is 10.2 Å². The van der Waals surface area contributed by atoms with Gasteiger partial charge in [0.25, 0.3) is 0 Å². The molecule has 0 unspecified atom stereocenters. The Morgan fingerprint density at radius 1 is 1.19 bits per heavy atom. The van der Waals surface area contributed by atoms with Gasteiger partial charge in [-0.2, -0.15) is 18.2 Å². The molecule has 4 rings (SSSR count). The Hall–Kier alpha value is -2.46. The number of fused-ring (bicyclic) bond motifs is 1. The predicted octanol–water partition coefficient (Wildman–Crippen LogP) is 4.01. The molecule has 1 aliphatic rings. The zero-order valence-corrected chi connectivity index (χ0v) is 15.0. The third-order valence-electron chi connectivity index (χ3n) is 4.24. The normalized spacial score (nSPS) is 17.8. The van der Waals surface area contributed by atoms with E-state index in [0.717, 1.165) is 42.3 Å². The van der Waals surface area contributed by atoms with Crippen LogP contribution in [0, 0.1) is 0 Å². The summed E-state index contributed by atoms with van der Waals surface area (Å²) in [6, 6.07) is 7.45. The van der Waals surface area contributed by atoms with Gasteiger partial charge in [0.1, 0.15) is 11.4 Å². The van der Waals surface area contributed by atoms with Crippen LogP contribution < -0.4 is 16.0 Å². The molecule has 0 amide bonds. The average Bonchev–Trinajstić information content (AvgIpc) is 3.04. The van der Waals surface area contributed by atoms with Crippen molar-refractivity contribution in [1.82, 2.24) is 20.3 Å². The van der Waals surface area contributed by atoms with Crippen molar-refractivity contribution in [2.45, 2.75) is 25.1 Å². The van der Waals surface area contributed by atoms with Crippen molar-refractivity contribution < 1.29 is 13.2 Å². The highest BCUT2D eigenvalue weighted by molar-refractivity contribution is 7.22. The summed E-state index contributed by atoms with van der Waals surface area (Å²) in [5.74, 6) is -0.136. The van der Waals surface area contributed by atoms with Gasteiger partial charge in [-0.25, -0.2) is 9.97 Å². The molecule has 0 saturated carbocycles. The van der Waals surface area contributed by atoms with E-state index in [1.807, 2.05) is 24.3 Å². The third-order valence-corrected chi connectivity index (χ3v) is 5.20. The van der Waals surface area contributed by atoms with Crippen LogP contribution in [0.5, 0.6) is 0 Å². The predicted molar refractivity (Wildman–Crippen MR) is 99.5 cm³/mol. The fourth-order valence-electron chi connectivity index (χ4n) is 2.94. The maximum absolute atomic E-state index is 13.4. The third kappa shape index (κ3) is 4.11. The van der Waals surface area contributed by atoms with Crippen molar-refractivity contribution >= 4 is 38.5 Å². The lowest BCUT2D eigenvalue weighted by Crippen LogP contribution is -2.38. The van der Waals surface area contributed by atoms with Gasteiger partial charge in [-0.3, -0.25) is 0 Å². The van der Waals surface area contributed by atoms with Crippen molar-refractivity contribution in [2.24, 2.45) is 0 Å². The van der Waals surface area contributed by atoms with Gasteiger partial charge in [0.15, 0.2) is 5.13 Å². The molecule has 0 spiro atoms. The summed E-state index contributed by atoms with van der Waals surface area (Å²) in [4.78, 5) is 12.3. The van der Waals surface area contributed by atoms with Crippen LogP contribution in [0.1, 0.15) is 18.4 Å². The lowest BCUT2D eigenvalue weighted by Gasteiger charge is -2.24. The molecule has 10 heteroatoms. The van der Waals surface area contributed by atoms with Crippen molar-refractivity contribution in [1.29, 1.82) is 0 Å². The van der Waals surface area contributed by atoms with Crippen LogP contribution in [0.2, 0.25) is 0 Å². The summed E-state index contributed by atoms with van der Waals surface area (Å²) in [6.07, 6.45) is -1.85. The van der Waals surface area contributed by atoms with E-state index >= 15 is 0 Å². The minimum absolute atomic E-state index is 0.0887. The molecule has 27 heavy (non-hydrogen) atoms. The molecule has 1 aromatic carbocycles. The largest absolute Gasteiger partial charge is 0.421 e. The molecule has 0 bridgehead atoms. The second kappa shape index (κ2) is 7.28. The van der Waals surface area contributed by atoms with Crippen molar-refractivity contribution in [3.05, 3.63) is 36.0 Å². The molecule has 0 aliphatic carbocycles. The van der Waals surface area contributed by atoms with Gasteiger partial charge in [-0.15, -0.1) is 0 Å². The van der Waals surface area contributed by atoms with E-state index in [1.165, 1.54) is 11.3 Å². The molecular weight excluding hydrogens is 377 g/mol. The summed E-state index contributed by atoms with van der Waals surface area (Å²) < 4.78 is 41.0. The Morgan fingerprint density at radius 3 is 2.78 bits per heavy atom. The highest BCUT2D eigenvalue weighted by Gasteiger charge is 2.35. The summed E-state index contributed by atoms with van der Waals surface area (Å²) in [7, 11) is 0. The summed E-state index contributed by atoms with van der Waals surface area (Å²) in [6.45, 7) is 1.67. The number of nitrogens with zero attached hydrogens (tertiary/aromatic N) is 3. The molecule has 1 saturated heterocycles. The van der Waals surface area contributed by atoms with Crippen LogP contribution in [0.25, 0.3) is 10.2 Å². The maximum atomic E-state index is 13.4. The minimum atomic E-state index is -4.57. The zero-order valence-electron chi connectivity index (χ0n) is 14.2. The Kier molecular flexibility index (Phi) is 4.83. The number of alkyl halides is 3. The van der Waals surface area contributed by atoms with Crippen LogP contribution >= 0.6 is 11.3 Å². The van der Waals surface area contributed by atoms with Crippen molar-refractivity contribution in [3.8, 4) is 0 Å². The van der Waals surface area contributed by atoms with Crippen LogP contribution in [0.3, 0.4) is 0 Å². The molecule has 2 aromatic heterocycles. The van der Waals surface area contributed by atoms with Gasteiger partial charge in [0, 0.05) is 18.8 Å². The van der Waals surface area contributed by atoms with E-state index in [2.05, 4.69) is 30.9 Å². The first-order chi connectivity index (χ1) is 13.0. The minimum Gasteiger partial charge on any atom is -0.350 e. The molecule has 3 heterocycles. The SMILES string of the molecule is FC(F)(F)c1cnc(N[C@H]2CCCNC2)nc1Nc1nc2ccccc2s1. The number of rotatable bonds is 4. The van der Waals surface area contributed by atoms with Gasteiger partial charge in [0.2, 0.25) is 5.95 Å². The number of hydrogen-bond donors (Lipinski definition) is 3. The van der Waals surface area contributed by atoms with E-state index in [0.29, 0.717) is 5.13 Å². The Bertz CT molecular complexity index is 903. The number of nitrogens with one attached hydrogen (secondary N) is 3. The Balaban J connectivity index is 1.63. The first-order valence-corrected chi connectivity index (χ1v) is 9.35. The molecule has 1 aliphatic heterocycles. The smallest absolute Gasteiger partial charge is 0.350 e. The second-order valence-electron chi connectivity index (χ2n) is 6.25. The lowest BCUT2D eigenvalue weighted by atomic mass is 10.1. The quantitative estimate of drug-likeness (QED) is 0.621. The lowest BCUT2D eigenvalue weighted by molar-refractivity contribution is -0.137. The Labute approximate surface area is 157 Å². The molecule has 0 radical (unpaired) electrons. The number of benzene rings is 1. The van der Waals surface area contributed by atoms with Gasteiger partial charge < -0.3 is 16.0 Å². The maximum Gasteiger partial charge on any atom is 0.421 e. The monoisotopic (exact) mass is 394 g/mol. The second-order valence-corrected chi connectivity index (χ2v) is 7.28. The molecule has 142 valence electrons.